The molecule has 1 aromatic rings. The Bertz CT molecular complexity index is 375. The molecule has 0 aliphatic rings. The molecule has 17 heavy (non-hydrogen) atoms. The molecule has 0 radical (unpaired) electrons. The summed E-state index contributed by atoms with van der Waals surface area (Å²) in [5.74, 6) is 0.246. The molecule has 0 atom stereocenters. The van der Waals surface area contributed by atoms with Crippen molar-refractivity contribution in [3.05, 3.63) is 35.4 Å². The van der Waals surface area contributed by atoms with Crippen LogP contribution in [0.2, 0.25) is 0 Å². The van der Waals surface area contributed by atoms with E-state index >= 15 is 0 Å². The van der Waals surface area contributed by atoms with Gasteiger partial charge in [0.1, 0.15) is 0 Å². The second kappa shape index (κ2) is 4.71. The Morgan fingerprint density at radius 1 is 1.06 bits per heavy atom. The van der Waals surface area contributed by atoms with Crippen LogP contribution < -0.4 is 0 Å². The van der Waals surface area contributed by atoms with Gasteiger partial charge in [-0.15, -0.1) is 0 Å². The minimum atomic E-state index is -4.17. The Kier molecular flexibility index (Phi) is 3.90. The summed E-state index contributed by atoms with van der Waals surface area (Å²) in [6.07, 6.45) is -4.14. The lowest BCUT2D eigenvalue weighted by atomic mass is 9.82. The van der Waals surface area contributed by atoms with Gasteiger partial charge in [-0.25, -0.2) is 0 Å². The molecule has 0 amide bonds. The summed E-state index contributed by atoms with van der Waals surface area (Å²) in [4.78, 5) is 0. The number of hydrogen-bond acceptors (Lipinski definition) is 0. The number of halogens is 3. The second-order valence-corrected chi connectivity index (χ2v) is 5.41. The molecule has 0 unspecified atom stereocenters. The van der Waals surface area contributed by atoms with Crippen molar-refractivity contribution in [1.29, 1.82) is 0 Å². The summed E-state index contributed by atoms with van der Waals surface area (Å²) in [5, 5.41) is 0. The molecule has 1 rings (SSSR count). The maximum atomic E-state index is 12.9. The van der Waals surface area contributed by atoms with Gasteiger partial charge in [-0.3, -0.25) is 0 Å². The van der Waals surface area contributed by atoms with Gasteiger partial charge < -0.3 is 0 Å². The molecule has 0 saturated heterocycles. The molecule has 0 aliphatic carbocycles. The first-order chi connectivity index (χ1) is 7.65. The van der Waals surface area contributed by atoms with E-state index < -0.39 is 11.6 Å². The van der Waals surface area contributed by atoms with Crippen molar-refractivity contribution in [3.63, 3.8) is 0 Å². The summed E-state index contributed by atoms with van der Waals surface area (Å²) >= 11 is 0. The van der Waals surface area contributed by atoms with Gasteiger partial charge in [0.25, 0.3) is 0 Å². The van der Waals surface area contributed by atoms with E-state index in [1.54, 1.807) is 12.1 Å². The molecule has 3 heteroatoms. The first kappa shape index (κ1) is 14.1. The zero-order chi connectivity index (χ0) is 13.3. The van der Waals surface area contributed by atoms with Crippen molar-refractivity contribution >= 4 is 0 Å². The minimum absolute atomic E-state index is 0.0326. The van der Waals surface area contributed by atoms with Crippen LogP contribution in [0.3, 0.4) is 0 Å². The Morgan fingerprint density at radius 3 is 2.06 bits per heavy atom. The Balaban J connectivity index is 3.04. The smallest absolute Gasteiger partial charge is 0.171 e. The van der Waals surface area contributed by atoms with Gasteiger partial charge in [0.15, 0.2) is 0 Å². The molecular formula is C14H19F3. The summed E-state index contributed by atoms with van der Waals surface area (Å²) in [7, 11) is 0. The van der Waals surface area contributed by atoms with Crippen LogP contribution in [0.4, 0.5) is 13.2 Å². The van der Waals surface area contributed by atoms with Gasteiger partial charge in [-0.1, -0.05) is 52.0 Å². The fraction of sp³-hybridized carbons (Fsp3) is 0.571. The fourth-order valence-electron chi connectivity index (χ4n) is 1.83. The van der Waals surface area contributed by atoms with Gasteiger partial charge >= 0.3 is 6.18 Å². The topological polar surface area (TPSA) is 0 Å². The van der Waals surface area contributed by atoms with Crippen molar-refractivity contribution in [2.45, 2.75) is 46.2 Å². The normalized spacial score (nSPS) is 13.2. The summed E-state index contributed by atoms with van der Waals surface area (Å²) in [6, 6.07) is 7.38. The molecule has 0 aliphatic heterocycles. The summed E-state index contributed by atoms with van der Waals surface area (Å²) in [6.45, 7) is 6.51. The fourth-order valence-corrected chi connectivity index (χ4v) is 1.83. The van der Waals surface area contributed by atoms with Gasteiger partial charge in [-0.2, -0.15) is 13.2 Å². The first-order valence-corrected chi connectivity index (χ1v) is 5.79. The number of alkyl halides is 3. The second-order valence-electron chi connectivity index (χ2n) is 5.41. The molecule has 0 heterocycles. The van der Waals surface area contributed by atoms with E-state index in [2.05, 4.69) is 0 Å². The predicted octanol–water partition coefficient (Wildman–Crippen LogP) is 4.94. The highest BCUT2D eigenvalue weighted by Gasteiger charge is 2.47. The third-order valence-electron chi connectivity index (χ3n) is 3.08. The number of benzene rings is 1. The molecule has 0 spiro atoms. The highest BCUT2D eigenvalue weighted by atomic mass is 19.4. The molecule has 0 N–H and O–H groups in total. The standard InChI is InChI=1S/C14H19F3/c1-10(2)12-8-6-5-7-11(12)9-13(3,4)14(15,16)17/h5-8,10H,9H2,1-4H3. The lowest BCUT2D eigenvalue weighted by Crippen LogP contribution is -2.34. The Morgan fingerprint density at radius 2 is 1.59 bits per heavy atom. The molecular weight excluding hydrogens is 225 g/mol. The zero-order valence-electron chi connectivity index (χ0n) is 10.7. The number of hydrogen-bond donors (Lipinski definition) is 0. The lowest BCUT2D eigenvalue weighted by Gasteiger charge is -2.29. The van der Waals surface area contributed by atoms with Crippen LogP contribution in [0.1, 0.15) is 44.7 Å². The number of rotatable bonds is 3. The molecule has 0 bridgehead atoms. The molecule has 0 saturated carbocycles. The quantitative estimate of drug-likeness (QED) is 0.706. The molecule has 0 nitrogen and oxygen atoms in total. The highest BCUT2D eigenvalue weighted by Crippen LogP contribution is 2.41. The van der Waals surface area contributed by atoms with E-state index in [-0.39, 0.29) is 12.3 Å². The van der Waals surface area contributed by atoms with Gasteiger partial charge in [0, 0.05) is 0 Å². The van der Waals surface area contributed by atoms with Gasteiger partial charge in [0.05, 0.1) is 5.41 Å². The molecule has 0 aromatic heterocycles. The van der Waals surface area contributed by atoms with Crippen molar-refractivity contribution in [3.8, 4) is 0 Å². The van der Waals surface area contributed by atoms with Crippen molar-refractivity contribution < 1.29 is 13.2 Å². The Hall–Kier alpha value is -0.990. The average Bonchev–Trinajstić information content (AvgIpc) is 2.15. The van der Waals surface area contributed by atoms with Crippen molar-refractivity contribution in [2.75, 3.05) is 0 Å². The lowest BCUT2D eigenvalue weighted by molar-refractivity contribution is -0.211. The van der Waals surface area contributed by atoms with Crippen LogP contribution in [-0.4, -0.2) is 6.18 Å². The average molecular weight is 244 g/mol. The van der Waals surface area contributed by atoms with Crippen LogP contribution in [0.25, 0.3) is 0 Å². The third kappa shape index (κ3) is 3.24. The highest BCUT2D eigenvalue weighted by molar-refractivity contribution is 5.30. The SMILES string of the molecule is CC(C)c1ccccc1CC(C)(C)C(F)(F)F. The molecule has 1 aromatic carbocycles. The van der Waals surface area contributed by atoms with Gasteiger partial charge in [0.2, 0.25) is 0 Å². The van der Waals surface area contributed by atoms with E-state index in [1.165, 1.54) is 13.8 Å². The maximum Gasteiger partial charge on any atom is 0.394 e. The van der Waals surface area contributed by atoms with E-state index in [0.29, 0.717) is 0 Å². The van der Waals surface area contributed by atoms with Gasteiger partial charge in [-0.05, 0) is 23.5 Å². The van der Waals surface area contributed by atoms with Crippen LogP contribution in [0.5, 0.6) is 0 Å². The van der Waals surface area contributed by atoms with Crippen LogP contribution in [0.15, 0.2) is 24.3 Å². The van der Waals surface area contributed by atoms with Crippen molar-refractivity contribution in [1.82, 2.24) is 0 Å². The van der Waals surface area contributed by atoms with E-state index in [0.717, 1.165) is 11.1 Å². The molecule has 96 valence electrons. The van der Waals surface area contributed by atoms with Crippen LogP contribution in [0, 0.1) is 5.41 Å². The molecule has 0 fully saturated rings. The third-order valence-corrected chi connectivity index (χ3v) is 3.08. The summed E-state index contributed by atoms with van der Waals surface area (Å²) in [5.41, 5.74) is 0.118. The van der Waals surface area contributed by atoms with E-state index in [1.807, 2.05) is 26.0 Å². The first-order valence-electron chi connectivity index (χ1n) is 5.79. The van der Waals surface area contributed by atoms with Crippen LogP contribution >= 0.6 is 0 Å². The van der Waals surface area contributed by atoms with E-state index in [4.69, 9.17) is 0 Å². The Labute approximate surface area is 101 Å². The van der Waals surface area contributed by atoms with Crippen molar-refractivity contribution in [2.24, 2.45) is 5.41 Å². The monoisotopic (exact) mass is 244 g/mol. The maximum absolute atomic E-state index is 12.9. The zero-order valence-corrected chi connectivity index (χ0v) is 10.7. The largest absolute Gasteiger partial charge is 0.394 e. The summed E-state index contributed by atoms with van der Waals surface area (Å²) < 4.78 is 38.6. The van der Waals surface area contributed by atoms with E-state index in [9.17, 15) is 13.2 Å². The minimum Gasteiger partial charge on any atom is -0.171 e. The van der Waals surface area contributed by atoms with Crippen LogP contribution in [-0.2, 0) is 6.42 Å². The predicted molar refractivity (Wildman–Crippen MR) is 64.1 cm³/mol.